The highest BCUT2D eigenvalue weighted by atomic mass is 16.4. The zero-order valence-electron chi connectivity index (χ0n) is 10.7. The molecule has 3 nitrogen and oxygen atoms in total. The normalized spacial score (nSPS) is 30.6. The van der Waals surface area contributed by atoms with E-state index in [1.165, 1.54) is 32.1 Å². The fourth-order valence-electron chi connectivity index (χ4n) is 3.34. The minimum absolute atomic E-state index is 0.0807. The number of aliphatic carboxylic acids is 1. The Morgan fingerprint density at radius 2 is 1.71 bits per heavy atom. The van der Waals surface area contributed by atoms with Crippen molar-refractivity contribution in [2.24, 2.45) is 11.8 Å². The first-order valence-corrected chi connectivity index (χ1v) is 7.22. The van der Waals surface area contributed by atoms with Gasteiger partial charge in [0, 0.05) is 6.04 Å². The van der Waals surface area contributed by atoms with Gasteiger partial charge in [0.2, 0.25) is 0 Å². The molecule has 0 aromatic heterocycles. The maximum Gasteiger partial charge on any atom is 0.306 e. The number of hydrogen-bond acceptors (Lipinski definition) is 2. The Bertz CT molecular complexity index is 241. The second kappa shape index (κ2) is 6.39. The molecular weight excluding hydrogens is 214 g/mol. The first-order chi connectivity index (χ1) is 8.25. The first kappa shape index (κ1) is 12.9. The van der Waals surface area contributed by atoms with E-state index in [4.69, 9.17) is 5.11 Å². The van der Waals surface area contributed by atoms with Gasteiger partial charge in [-0.3, -0.25) is 4.79 Å². The van der Waals surface area contributed by atoms with E-state index < -0.39 is 5.97 Å². The molecule has 0 aliphatic heterocycles. The van der Waals surface area contributed by atoms with E-state index in [-0.39, 0.29) is 5.92 Å². The predicted molar refractivity (Wildman–Crippen MR) is 68.0 cm³/mol. The third kappa shape index (κ3) is 3.98. The van der Waals surface area contributed by atoms with Crippen molar-refractivity contribution in [1.82, 2.24) is 5.32 Å². The van der Waals surface area contributed by atoms with Crippen LogP contribution in [0.4, 0.5) is 0 Å². The second-order valence-corrected chi connectivity index (χ2v) is 5.78. The summed E-state index contributed by atoms with van der Waals surface area (Å²) in [6, 6.07) is 0.576. The molecule has 0 atom stereocenters. The number of hydrogen-bond donors (Lipinski definition) is 2. The van der Waals surface area contributed by atoms with Crippen LogP contribution in [0.15, 0.2) is 0 Å². The number of nitrogens with one attached hydrogen (secondary N) is 1. The maximum absolute atomic E-state index is 10.8. The van der Waals surface area contributed by atoms with E-state index in [1.807, 2.05) is 0 Å². The third-order valence-electron chi connectivity index (χ3n) is 4.54. The molecule has 0 radical (unpaired) electrons. The topological polar surface area (TPSA) is 49.3 Å². The SMILES string of the molecule is O=C(O)C1CCC(NCCC2CCCC2)CC1. The van der Waals surface area contributed by atoms with Gasteiger partial charge >= 0.3 is 5.97 Å². The van der Waals surface area contributed by atoms with Crippen LogP contribution >= 0.6 is 0 Å². The summed E-state index contributed by atoms with van der Waals surface area (Å²) in [7, 11) is 0. The van der Waals surface area contributed by atoms with Crippen LogP contribution in [0, 0.1) is 11.8 Å². The van der Waals surface area contributed by atoms with Crippen LogP contribution in [0.2, 0.25) is 0 Å². The highest BCUT2D eigenvalue weighted by Gasteiger charge is 2.25. The molecule has 0 spiro atoms. The molecule has 2 rings (SSSR count). The first-order valence-electron chi connectivity index (χ1n) is 7.22. The monoisotopic (exact) mass is 239 g/mol. The summed E-state index contributed by atoms with van der Waals surface area (Å²) in [6.07, 6.45) is 10.8. The largest absolute Gasteiger partial charge is 0.481 e. The molecule has 0 aromatic rings. The molecule has 0 unspecified atom stereocenters. The number of carboxylic acid groups (broad SMARTS) is 1. The molecule has 0 bridgehead atoms. The Hall–Kier alpha value is -0.570. The Kier molecular flexibility index (Phi) is 4.84. The molecule has 3 heteroatoms. The summed E-state index contributed by atoms with van der Waals surface area (Å²) >= 11 is 0. The molecule has 0 heterocycles. The Morgan fingerprint density at radius 1 is 1.06 bits per heavy atom. The zero-order chi connectivity index (χ0) is 12.1. The smallest absolute Gasteiger partial charge is 0.306 e. The molecule has 2 aliphatic carbocycles. The van der Waals surface area contributed by atoms with Crippen LogP contribution < -0.4 is 5.32 Å². The lowest BCUT2D eigenvalue weighted by molar-refractivity contribution is -0.142. The van der Waals surface area contributed by atoms with Gasteiger partial charge in [-0.2, -0.15) is 0 Å². The average Bonchev–Trinajstić information content (AvgIpc) is 2.83. The summed E-state index contributed by atoms with van der Waals surface area (Å²) in [5.74, 6) is 0.273. The Labute approximate surface area is 104 Å². The lowest BCUT2D eigenvalue weighted by atomic mass is 9.86. The van der Waals surface area contributed by atoms with Crippen LogP contribution in [0.5, 0.6) is 0 Å². The van der Waals surface area contributed by atoms with Crippen molar-refractivity contribution in [3.63, 3.8) is 0 Å². The van der Waals surface area contributed by atoms with Crippen LogP contribution in [0.25, 0.3) is 0 Å². The summed E-state index contributed by atoms with van der Waals surface area (Å²) in [5, 5.41) is 12.5. The van der Waals surface area contributed by atoms with Gasteiger partial charge < -0.3 is 10.4 Å². The molecule has 2 fully saturated rings. The lowest BCUT2D eigenvalue weighted by Gasteiger charge is -2.27. The molecule has 0 aromatic carbocycles. The van der Waals surface area contributed by atoms with Crippen molar-refractivity contribution in [1.29, 1.82) is 0 Å². The van der Waals surface area contributed by atoms with E-state index in [2.05, 4.69) is 5.32 Å². The Morgan fingerprint density at radius 3 is 2.29 bits per heavy atom. The number of rotatable bonds is 5. The van der Waals surface area contributed by atoms with E-state index in [0.29, 0.717) is 6.04 Å². The Balaban J connectivity index is 1.56. The quantitative estimate of drug-likeness (QED) is 0.775. The molecular formula is C14H25NO2. The van der Waals surface area contributed by atoms with Crippen LogP contribution in [0.3, 0.4) is 0 Å². The summed E-state index contributed by atoms with van der Waals surface area (Å²) < 4.78 is 0. The standard InChI is InChI=1S/C14H25NO2/c16-14(17)12-5-7-13(8-6-12)15-10-9-11-3-1-2-4-11/h11-13,15H,1-10H2,(H,16,17). The summed E-state index contributed by atoms with van der Waals surface area (Å²) in [5.41, 5.74) is 0. The van der Waals surface area contributed by atoms with Gasteiger partial charge in [-0.15, -0.1) is 0 Å². The van der Waals surface area contributed by atoms with E-state index >= 15 is 0 Å². The van der Waals surface area contributed by atoms with Crippen molar-refractivity contribution >= 4 is 5.97 Å². The molecule has 2 saturated carbocycles. The molecule has 2 aliphatic rings. The third-order valence-corrected chi connectivity index (χ3v) is 4.54. The molecule has 2 N–H and O–H groups in total. The van der Waals surface area contributed by atoms with Crippen LogP contribution in [0.1, 0.15) is 57.8 Å². The lowest BCUT2D eigenvalue weighted by Crippen LogP contribution is -2.35. The van der Waals surface area contributed by atoms with Gasteiger partial charge in [-0.25, -0.2) is 0 Å². The number of carboxylic acids is 1. The van der Waals surface area contributed by atoms with Crippen molar-refractivity contribution in [3.05, 3.63) is 0 Å². The number of carbonyl (C=O) groups is 1. The maximum atomic E-state index is 10.8. The van der Waals surface area contributed by atoms with Gasteiger partial charge in [0.25, 0.3) is 0 Å². The highest BCUT2D eigenvalue weighted by molar-refractivity contribution is 5.70. The van der Waals surface area contributed by atoms with Gasteiger partial charge in [0.1, 0.15) is 0 Å². The zero-order valence-corrected chi connectivity index (χ0v) is 10.7. The summed E-state index contributed by atoms with van der Waals surface area (Å²) in [6.45, 7) is 1.13. The summed E-state index contributed by atoms with van der Waals surface area (Å²) in [4.78, 5) is 10.8. The van der Waals surface area contributed by atoms with Gasteiger partial charge in [-0.1, -0.05) is 25.7 Å². The predicted octanol–water partition coefficient (Wildman–Crippen LogP) is 2.80. The molecule has 17 heavy (non-hydrogen) atoms. The second-order valence-electron chi connectivity index (χ2n) is 5.78. The van der Waals surface area contributed by atoms with Crippen LogP contribution in [-0.2, 0) is 4.79 Å². The average molecular weight is 239 g/mol. The van der Waals surface area contributed by atoms with E-state index in [1.54, 1.807) is 0 Å². The van der Waals surface area contributed by atoms with Gasteiger partial charge in [0.15, 0.2) is 0 Å². The van der Waals surface area contributed by atoms with Gasteiger partial charge in [-0.05, 0) is 44.6 Å². The minimum atomic E-state index is -0.602. The van der Waals surface area contributed by atoms with E-state index in [0.717, 1.165) is 38.1 Å². The fraction of sp³-hybridized carbons (Fsp3) is 0.929. The van der Waals surface area contributed by atoms with Crippen molar-refractivity contribution in [3.8, 4) is 0 Å². The van der Waals surface area contributed by atoms with Crippen molar-refractivity contribution in [2.75, 3.05) is 6.54 Å². The van der Waals surface area contributed by atoms with E-state index in [9.17, 15) is 4.79 Å². The highest BCUT2D eigenvalue weighted by Crippen LogP contribution is 2.28. The van der Waals surface area contributed by atoms with Crippen LogP contribution in [-0.4, -0.2) is 23.7 Å². The fourth-order valence-corrected chi connectivity index (χ4v) is 3.34. The molecule has 98 valence electrons. The molecule has 0 amide bonds. The minimum Gasteiger partial charge on any atom is -0.481 e. The van der Waals surface area contributed by atoms with Crippen molar-refractivity contribution < 1.29 is 9.90 Å². The van der Waals surface area contributed by atoms with Crippen molar-refractivity contribution in [2.45, 2.75) is 63.8 Å². The molecule has 0 saturated heterocycles. The van der Waals surface area contributed by atoms with Gasteiger partial charge in [0.05, 0.1) is 5.92 Å².